The second-order valence-electron chi connectivity index (χ2n) is 1.76. The fourth-order valence-electron chi connectivity index (χ4n) is 0.633. The van der Waals surface area contributed by atoms with Crippen molar-refractivity contribution in [2.75, 3.05) is 20.3 Å². The summed E-state index contributed by atoms with van der Waals surface area (Å²) >= 11 is 4.61. The van der Waals surface area contributed by atoms with Crippen LogP contribution >= 0.6 is 12.2 Å². The third kappa shape index (κ3) is 1.80. The summed E-state index contributed by atoms with van der Waals surface area (Å²) in [5, 5.41) is 0.233. The monoisotopic (exact) mass is 148 g/mol. The fraction of sp³-hybridized carbons (Fsp3) is 0.800. The highest BCUT2D eigenvalue weighted by molar-refractivity contribution is 7.79. The van der Waals surface area contributed by atoms with Crippen molar-refractivity contribution in [2.24, 2.45) is 0 Å². The molecule has 52 valence electrons. The third-order valence-corrected chi connectivity index (χ3v) is 1.22. The summed E-state index contributed by atoms with van der Waals surface area (Å²) in [6, 6.07) is 0. The molecule has 1 heterocycles. The normalized spacial score (nSPS) is 25.4. The summed E-state index contributed by atoms with van der Waals surface area (Å²) in [5.74, 6) is 0. The van der Waals surface area contributed by atoms with Crippen molar-refractivity contribution >= 4 is 17.5 Å². The zero-order valence-corrected chi connectivity index (χ0v) is 5.94. The molecule has 0 saturated carbocycles. The van der Waals surface area contributed by atoms with Gasteiger partial charge in [0.15, 0.2) is 6.10 Å². The summed E-state index contributed by atoms with van der Waals surface area (Å²) in [5.41, 5.74) is 0. The molecule has 1 fully saturated rings. The van der Waals surface area contributed by atoms with Crippen LogP contribution in [-0.2, 0) is 14.2 Å². The van der Waals surface area contributed by atoms with E-state index in [1.165, 1.54) is 0 Å². The first-order valence-electron chi connectivity index (χ1n) is 2.65. The SMILES string of the molecule is COCC1COC(=S)O1. The van der Waals surface area contributed by atoms with Crippen LogP contribution in [0.2, 0.25) is 0 Å². The third-order valence-electron chi connectivity index (χ3n) is 1.00. The Bertz CT molecular complexity index is 115. The molecule has 1 atom stereocenters. The smallest absolute Gasteiger partial charge is 0.352 e. The van der Waals surface area contributed by atoms with Crippen LogP contribution in [0.1, 0.15) is 0 Å². The molecule has 0 amide bonds. The van der Waals surface area contributed by atoms with Crippen molar-refractivity contribution in [1.29, 1.82) is 0 Å². The number of methoxy groups -OCH3 is 1. The van der Waals surface area contributed by atoms with E-state index in [0.717, 1.165) is 0 Å². The lowest BCUT2D eigenvalue weighted by molar-refractivity contribution is 0.0919. The number of ether oxygens (including phenoxy) is 3. The van der Waals surface area contributed by atoms with Gasteiger partial charge in [-0.25, -0.2) is 0 Å². The van der Waals surface area contributed by atoms with Crippen molar-refractivity contribution in [2.45, 2.75) is 6.10 Å². The van der Waals surface area contributed by atoms with Gasteiger partial charge in [0.2, 0.25) is 0 Å². The first-order valence-corrected chi connectivity index (χ1v) is 3.06. The Morgan fingerprint density at radius 3 is 3.11 bits per heavy atom. The van der Waals surface area contributed by atoms with Gasteiger partial charge in [0.1, 0.15) is 6.61 Å². The molecular formula is C5H8O3S. The number of hydrogen-bond donors (Lipinski definition) is 0. The minimum atomic E-state index is 0.00231. The van der Waals surface area contributed by atoms with Gasteiger partial charge in [0.05, 0.1) is 6.61 Å². The average Bonchev–Trinajstić information content (AvgIpc) is 2.17. The molecule has 4 heteroatoms. The lowest BCUT2D eigenvalue weighted by Gasteiger charge is -2.02. The van der Waals surface area contributed by atoms with Crippen LogP contribution in [-0.4, -0.2) is 31.7 Å². The van der Waals surface area contributed by atoms with Crippen molar-refractivity contribution < 1.29 is 14.2 Å². The minimum absolute atomic E-state index is 0.00231. The zero-order chi connectivity index (χ0) is 6.69. The maximum Gasteiger partial charge on any atom is 0.352 e. The molecule has 1 saturated heterocycles. The molecule has 0 N–H and O–H groups in total. The highest BCUT2D eigenvalue weighted by Crippen LogP contribution is 2.05. The summed E-state index contributed by atoms with van der Waals surface area (Å²) in [7, 11) is 1.62. The Morgan fingerprint density at radius 1 is 1.89 bits per heavy atom. The average molecular weight is 148 g/mol. The Kier molecular flexibility index (Phi) is 2.24. The first-order chi connectivity index (χ1) is 4.33. The molecule has 1 rings (SSSR count). The molecule has 0 aromatic heterocycles. The van der Waals surface area contributed by atoms with Crippen LogP contribution in [0.5, 0.6) is 0 Å². The van der Waals surface area contributed by atoms with Gasteiger partial charge in [0, 0.05) is 19.3 Å². The molecule has 0 aliphatic carbocycles. The second kappa shape index (κ2) is 2.98. The van der Waals surface area contributed by atoms with E-state index in [0.29, 0.717) is 13.2 Å². The largest absolute Gasteiger partial charge is 0.453 e. The van der Waals surface area contributed by atoms with Gasteiger partial charge in [-0.15, -0.1) is 0 Å². The molecule has 0 spiro atoms. The summed E-state index contributed by atoms with van der Waals surface area (Å²) < 4.78 is 14.6. The van der Waals surface area contributed by atoms with Gasteiger partial charge < -0.3 is 14.2 Å². The Hall–Kier alpha value is -0.350. The van der Waals surface area contributed by atoms with Crippen LogP contribution in [0.4, 0.5) is 0 Å². The van der Waals surface area contributed by atoms with Crippen molar-refractivity contribution in [3.8, 4) is 0 Å². The van der Waals surface area contributed by atoms with Gasteiger partial charge >= 0.3 is 5.24 Å². The van der Waals surface area contributed by atoms with E-state index in [1.807, 2.05) is 0 Å². The topological polar surface area (TPSA) is 27.7 Å². The zero-order valence-electron chi connectivity index (χ0n) is 5.12. The van der Waals surface area contributed by atoms with Gasteiger partial charge in [-0.05, 0) is 0 Å². The van der Waals surface area contributed by atoms with E-state index in [-0.39, 0.29) is 11.3 Å². The van der Waals surface area contributed by atoms with E-state index >= 15 is 0 Å². The van der Waals surface area contributed by atoms with Gasteiger partial charge in [-0.2, -0.15) is 0 Å². The van der Waals surface area contributed by atoms with E-state index in [2.05, 4.69) is 12.2 Å². The summed E-state index contributed by atoms with van der Waals surface area (Å²) in [6.45, 7) is 1.06. The van der Waals surface area contributed by atoms with Crippen LogP contribution in [0.15, 0.2) is 0 Å². The molecule has 1 unspecified atom stereocenters. The number of hydrogen-bond acceptors (Lipinski definition) is 4. The molecule has 1 aliphatic heterocycles. The number of rotatable bonds is 2. The van der Waals surface area contributed by atoms with Gasteiger partial charge in [0.25, 0.3) is 0 Å². The second-order valence-corrected chi connectivity index (χ2v) is 2.09. The highest BCUT2D eigenvalue weighted by Gasteiger charge is 2.20. The first kappa shape index (κ1) is 6.77. The molecule has 1 aliphatic rings. The van der Waals surface area contributed by atoms with Crippen molar-refractivity contribution in [3.05, 3.63) is 0 Å². The highest BCUT2D eigenvalue weighted by atomic mass is 32.1. The molecule has 0 bridgehead atoms. The lowest BCUT2D eigenvalue weighted by atomic mass is 10.4. The van der Waals surface area contributed by atoms with E-state index in [9.17, 15) is 0 Å². The summed E-state index contributed by atoms with van der Waals surface area (Å²) in [4.78, 5) is 0. The van der Waals surface area contributed by atoms with Crippen LogP contribution in [0, 0.1) is 0 Å². The Labute approximate surface area is 58.9 Å². The maximum atomic E-state index is 4.99. The van der Waals surface area contributed by atoms with Gasteiger partial charge in [-0.1, -0.05) is 0 Å². The standard InChI is InChI=1S/C5H8O3S/c1-6-2-4-3-7-5(9)8-4/h4H,2-3H2,1H3. The Balaban J connectivity index is 2.22. The van der Waals surface area contributed by atoms with Gasteiger partial charge in [-0.3, -0.25) is 0 Å². The molecule has 0 aromatic rings. The minimum Gasteiger partial charge on any atom is -0.453 e. The van der Waals surface area contributed by atoms with Crippen molar-refractivity contribution in [3.63, 3.8) is 0 Å². The van der Waals surface area contributed by atoms with Crippen LogP contribution in [0.25, 0.3) is 0 Å². The lowest BCUT2D eigenvalue weighted by Crippen LogP contribution is -2.16. The van der Waals surface area contributed by atoms with Crippen molar-refractivity contribution in [1.82, 2.24) is 0 Å². The summed E-state index contributed by atoms with van der Waals surface area (Å²) in [6.07, 6.45) is 0.00231. The fourth-order valence-corrected chi connectivity index (χ4v) is 0.837. The predicted molar refractivity (Wildman–Crippen MR) is 35.3 cm³/mol. The van der Waals surface area contributed by atoms with E-state index < -0.39 is 0 Å². The molecular weight excluding hydrogens is 140 g/mol. The quantitative estimate of drug-likeness (QED) is 0.527. The van der Waals surface area contributed by atoms with Crippen LogP contribution in [0.3, 0.4) is 0 Å². The molecule has 9 heavy (non-hydrogen) atoms. The van der Waals surface area contributed by atoms with Crippen LogP contribution < -0.4 is 0 Å². The molecule has 3 nitrogen and oxygen atoms in total. The van der Waals surface area contributed by atoms with E-state index in [1.54, 1.807) is 7.11 Å². The molecule has 0 radical (unpaired) electrons. The molecule has 0 aromatic carbocycles. The van der Waals surface area contributed by atoms with E-state index in [4.69, 9.17) is 14.2 Å². The number of thiocarbonyl (C=S) groups is 1. The maximum absolute atomic E-state index is 4.99. The Morgan fingerprint density at radius 2 is 2.67 bits per heavy atom. The predicted octanol–water partition coefficient (Wildman–Crippen LogP) is 0.333.